The van der Waals surface area contributed by atoms with Crippen LogP contribution in [-0.2, 0) is 11.3 Å². The molecule has 5 aromatic carbocycles. The van der Waals surface area contributed by atoms with E-state index in [4.69, 9.17) is 4.98 Å². The van der Waals surface area contributed by atoms with E-state index in [2.05, 4.69) is 89.5 Å². The van der Waals surface area contributed by atoms with E-state index in [0.717, 1.165) is 39.9 Å². The molecule has 0 aliphatic carbocycles. The SMILES string of the molecule is O=C1CC(c2nc3ccccc3n2Cc2ccc3ccccc3c2)CN1c1cccc2ccccc12. The van der Waals surface area contributed by atoms with E-state index < -0.39 is 0 Å². The van der Waals surface area contributed by atoms with Crippen LogP contribution < -0.4 is 4.90 Å². The van der Waals surface area contributed by atoms with Crippen LogP contribution in [-0.4, -0.2) is 22.0 Å². The Morgan fingerprint density at radius 1 is 0.750 bits per heavy atom. The van der Waals surface area contributed by atoms with Gasteiger partial charge in [0, 0.05) is 30.8 Å². The number of anilines is 1. The van der Waals surface area contributed by atoms with Crippen molar-refractivity contribution in [1.82, 2.24) is 9.55 Å². The zero-order valence-corrected chi connectivity index (χ0v) is 19.8. The second-order valence-electron chi connectivity index (χ2n) is 9.63. The lowest BCUT2D eigenvalue weighted by Crippen LogP contribution is -2.24. The molecule has 1 unspecified atom stereocenters. The molecule has 7 rings (SSSR count). The van der Waals surface area contributed by atoms with Crippen molar-refractivity contribution in [2.75, 3.05) is 11.4 Å². The molecular weight excluding hydrogens is 442 g/mol. The van der Waals surface area contributed by atoms with Crippen LogP contribution in [0.2, 0.25) is 0 Å². The fraction of sp³-hybridized carbons (Fsp3) is 0.125. The number of para-hydroxylation sites is 2. The minimum Gasteiger partial charge on any atom is -0.323 e. The van der Waals surface area contributed by atoms with Crippen molar-refractivity contribution in [2.45, 2.75) is 18.9 Å². The van der Waals surface area contributed by atoms with Crippen molar-refractivity contribution < 1.29 is 4.79 Å². The van der Waals surface area contributed by atoms with E-state index in [-0.39, 0.29) is 11.8 Å². The number of rotatable bonds is 4. The molecule has 1 saturated heterocycles. The summed E-state index contributed by atoms with van der Waals surface area (Å²) >= 11 is 0. The van der Waals surface area contributed by atoms with Crippen LogP contribution in [0, 0.1) is 0 Å². The molecule has 4 heteroatoms. The highest BCUT2D eigenvalue weighted by molar-refractivity contribution is 6.05. The van der Waals surface area contributed by atoms with Crippen molar-refractivity contribution >= 4 is 44.2 Å². The maximum absolute atomic E-state index is 13.3. The molecule has 0 saturated carbocycles. The molecule has 174 valence electrons. The van der Waals surface area contributed by atoms with Crippen LogP contribution in [0.15, 0.2) is 109 Å². The smallest absolute Gasteiger partial charge is 0.227 e. The molecule has 2 heterocycles. The molecule has 1 fully saturated rings. The number of carbonyl (C=O) groups excluding carboxylic acids is 1. The Morgan fingerprint density at radius 3 is 2.42 bits per heavy atom. The van der Waals surface area contributed by atoms with E-state index in [9.17, 15) is 4.79 Å². The monoisotopic (exact) mass is 467 g/mol. The van der Waals surface area contributed by atoms with E-state index in [1.165, 1.54) is 16.3 Å². The molecule has 0 spiro atoms. The maximum atomic E-state index is 13.3. The molecule has 1 aliphatic rings. The van der Waals surface area contributed by atoms with E-state index in [1.807, 2.05) is 29.2 Å². The molecule has 1 aliphatic heterocycles. The molecule has 4 nitrogen and oxygen atoms in total. The Balaban J connectivity index is 1.29. The van der Waals surface area contributed by atoms with Gasteiger partial charge in [0.25, 0.3) is 0 Å². The number of fused-ring (bicyclic) bond motifs is 3. The largest absolute Gasteiger partial charge is 0.323 e. The van der Waals surface area contributed by atoms with Gasteiger partial charge in [0.2, 0.25) is 5.91 Å². The van der Waals surface area contributed by atoms with Gasteiger partial charge in [-0.05, 0) is 46.0 Å². The summed E-state index contributed by atoms with van der Waals surface area (Å²) in [5, 5.41) is 4.73. The summed E-state index contributed by atoms with van der Waals surface area (Å²) in [5.74, 6) is 1.17. The van der Waals surface area contributed by atoms with Crippen molar-refractivity contribution in [2.24, 2.45) is 0 Å². The number of benzene rings is 5. The van der Waals surface area contributed by atoms with E-state index >= 15 is 0 Å². The Hall–Kier alpha value is -4.44. The van der Waals surface area contributed by atoms with E-state index in [0.29, 0.717) is 13.0 Å². The second-order valence-corrected chi connectivity index (χ2v) is 9.63. The third-order valence-electron chi connectivity index (χ3n) is 7.39. The van der Waals surface area contributed by atoms with Gasteiger partial charge in [-0.25, -0.2) is 4.98 Å². The molecule has 1 aromatic heterocycles. The maximum Gasteiger partial charge on any atom is 0.227 e. The predicted molar refractivity (Wildman–Crippen MR) is 146 cm³/mol. The average Bonchev–Trinajstić information content (AvgIpc) is 3.48. The molecule has 6 aromatic rings. The van der Waals surface area contributed by atoms with Gasteiger partial charge in [0.15, 0.2) is 0 Å². The van der Waals surface area contributed by atoms with Gasteiger partial charge < -0.3 is 9.47 Å². The van der Waals surface area contributed by atoms with Gasteiger partial charge in [-0.2, -0.15) is 0 Å². The first-order valence-corrected chi connectivity index (χ1v) is 12.5. The summed E-state index contributed by atoms with van der Waals surface area (Å²) in [6.07, 6.45) is 0.463. The van der Waals surface area contributed by atoms with Crippen molar-refractivity contribution in [3.05, 3.63) is 121 Å². The second kappa shape index (κ2) is 8.35. The lowest BCUT2D eigenvalue weighted by Gasteiger charge is -2.19. The number of carbonyl (C=O) groups is 1. The summed E-state index contributed by atoms with van der Waals surface area (Å²) in [6.45, 7) is 1.35. The van der Waals surface area contributed by atoms with Gasteiger partial charge in [-0.1, -0.05) is 84.9 Å². The fourth-order valence-corrected chi connectivity index (χ4v) is 5.65. The quantitative estimate of drug-likeness (QED) is 0.282. The first-order chi connectivity index (χ1) is 17.7. The first kappa shape index (κ1) is 20.9. The number of nitrogens with zero attached hydrogens (tertiary/aromatic N) is 3. The summed E-state index contributed by atoms with van der Waals surface area (Å²) in [4.78, 5) is 20.3. The zero-order chi connectivity index (χ0) is 24.1. The normalized spacial score (nSPS) is 15.9. The zero-order valence-electron chi connectivity index (χ0n) is 19.8. The molecule has 1 atom stereocenters. The van der Waals surface area contributed by atoms with Crippen LogP contribution in [0.1, 0.15) is 23.7 Å². The minimum absolute atomic E-state index is 0.0318. The van der Waals surface area contributed by atoms with Crippen LogP contribution in [0.3, 0.4) is 0 Å². The Bertz CT molecular complexity index is 1760. The van der Waals surface area contributed by atoms with Crippen LogP contribution >= 0.6 is 0 Å². The van der Waals surface area contributed by atoms with Crippen LogP contribution in [0.4, 0.5) is 5.69 Å². The molecule has 0 bridgehead atoms. The lowest BCUT2D eigenvalue weighted by molar-refractivity contribution is -0.117. The number of aromatic nitrogens is 2. The number of imidazole rings is 1. The fourth-order valence-electron chi connectivity index (χ4n) is 5.65. The lowest BCUT2D eigenvalue weighted by atomic mass is 10.1. The van der Waals surface area contributed by atoms with Crippen LogP contribution in [0.5, 0.6) is 0 Å². The van der Waals surface area contributed by atoms with Crippen molar-refractivity contribution in [3.8, 4) is 0 Å². The van der Waals surface area contributed by atoms with Crippen LogP contribution in [0.25, 0.3) is 32.6 Å². The van der Waals surface area contributed by atoms with Crippen molar-refractivity contribution in [3.63, 3.8) is 0 Å². The van der Waals surface area contributed by atoms with Gasteiger partial charge >= 0.3 is 0 Å². The third kappa shape index (κ3) is 3.45. The third-order valence-corrected chi connectivity index (χ3v) is 7.39. The highest BCUT2D eigenvalue weighted by Gasteiger charge is 2.35. The highest BCUT2D eigenvalue weighted by Crippen LogP contribution is 2.36. The summed E-state index contributed by atoms with van der Waals surface area (Å²) in [5.41, 5.74) is 4.30. The highest BCUT2D eigenvalue weighted by atomic mass is 16.2. The van der Waals surface area contributed by atoms with E-state index in [1.54, 1.807) is 0 Å². The number of amides is 1. The van der Waals surface area contributed by atoms with Gasteiger partial charge in [-0.15, -0.1) is 0 Å². The molecule has 0 N–H and O–H groups in total. The number of hydrogen-bond acceptors (Lipinski definition) is 2. The summed E-state index contributed by atoms with van der Waals surface area (Å²) in [7, 11) is 0. The summed E-state index contributed by atoms with van der Waals surface area (Å²) < 4.78 is 2.31. The molecule has 1 amide bonds. The molecule has 0 radical (unpaired) electrons. The number of hydrogen-bond donors (Lipinski definition) is 0. The van der Waals surface area contributed by atoms with Gasteiger partial charge in [-0.3, -0.25) is 4.79 Å². The Morgan fingerprint density at radius 2 is 1.50 bits per heavy atom. The van der Waals surface area contributed by atoms with Crippen molar-refractivity contribution in [1.29, 1.82) is 0 Å². The average molecular weight is 468 g/mol. The Labute approximate surface area is 209 Å². The molecular formula is C32H25N3O. The van der Waals surface area contributed by atoms with Gasteiger partial charge in [0.1, 0.15) is 5.82 Å². The minimum atomic E-state index is 0.0318. The van der Waals surface area contributed by atoms with Gasteiger partial charge in [0.05, 0.1) is 16.7 Å². The summed E-state index contributed by atoms with van der Waals surface area (Å²) in [6, 6.07) is 37.8. The first-order valence-electron chi connectivity index (χ1n) is 12.5. The predicted octanol–water partition coefficient (Wildman–Crippen LogP) is 6.91. The molecule has 36 heavy (non-hydrogen) atoms. The standard InChI is InChI=1S/C32H25N3O/c36-31-19-26(21-34(31)29-15-7-11-24-9-3-4-12-27(24)29)32-33-28-13-5-6-14-30(28)35(32)20-22-16-17-23-8-1-2-10-25(23)18-22/h1-18,26H,19-21H2. The Kier molecular flexibility index (Phi) is 4.84. The topological polar surface area (TPSA) is 38.1 Å².